The summed E-state index contributed by atoms with van der Waals surface area (Å²) in [4.78, 5) is 23.8. The number of carbonyl (C=O) groups is 2. The number of nitrogens with zero attached hydrogens (tertiary/aromatic N) is 1. The van der Waals surface area contributed by atoms with Gasteiger partial charge in [-0.1, -0.05) is 18.2 Å². The van der Waals surface area contributed by atoms with E-state index in [1.165, 1.54) is 0 Å². The van der Waals surface area contributed by atoms with Crippen LogP contribution in [-0.4, -0.2) is 16.3 Å². The summed E-state index contributed by atoms with van der Waals surface area (Å²) in [7, 11) is 1.73. The van der Waals surface area contributed by atoms with Crippen LogP contribution in [0.4, 0.5) is 5.69 Å². The molecule has 0 unspecified atom stereocenters. The van der Waals surface area contributed by atoms with E-state index in [0.29, 0.717) is 11.4 Å². The summed E-state index contributed by atoms with van der Waals surface area (Å²) in [6, 6.07) is 10.7. The van der Waals surface area contributed by atoms with Gasteiger partial charge in [-0.15, -0.1) is 0 Å². The number of aryl methyl sites for hydroxylation is 2. The average Bonchev–Trinajstić information content (AvgIpc) is 2.77. The van der Waals surface area contributed by atoms with Crippen molar-refractivity contribution in [1.82, 2.24) is 4.57 Å². The van der Waals surface area contributed by atoms with E-state index in [9.17, 15) is 9.59 Å². The first-order valence-electron chi connectivity index (χ1n) is 5.62. The molecule has 92 valence electrons. The molecule has 0 bridgehead atoms. The van der Waals surface area contributed by atoms with E-state index < -0.39 is 11.7 Å². The number of benzene rings is 1. The third-order valence-corrected chi connectivity index (χ3v) is 2.78. The molecule has 0 aliphatic rings. The fourth-order valence-electron chi connectivity index (χ4n) is 1.71. The van der Waals surface area contributed by atoms with Crippen molar-refractivity contribution >= 4 is 17.4 Å². The Bertz CT molecular complexity index is 599. The van der Waals surface area contributed by atoms with Crippen LogP contribution in [0.2, 0.25) is 0 Å². The highest BCUT2D eigenvalue weighted by Gasteiger charge is 2.18. The Morgan fingerprint density at radius 2 is 1.83 bits per heavy atom. The number of carbonyl (C=O) groups excluding carboxylic acids is 2. The zero-order chi connectivity index (χ0) is 13.1. The highest BCUT2D eigenvalue weighted by molar-refractivity contribution is 6.46. The number of rotatable bonds is 3. The summed E-state index contributed by atoms with van der Waals surface area (Å²) < 4.78 is 1.62. The minimum atomic E-state index is -0.619. The largest absolute Gasteiger partial charge is 0.348 e. The van der Waals surface area contributed by atoms with E-state index in [1.54, 1.807) is 36.0 Å². The lowest BCUT2D eigenvalue weighted by Gasteiger charge is -2.07. The first kappa shape index (κ1) is 12.1. The maximum Gasteiger partial charge on any atom is 0.298 e. The highest BCUT2D eigenvalue weighted by atomic mass is 16.2. The van der Waals surface area contributed by atoms with Crippen molar-refractivity contribution in [2.24, 2.45) is 7.05 Å². The molecule has 0 saturated heterocycles. The molecule has 2 aromatic rings. The van der Waals surface area contributed by atoms with Gasteiger partial charge < -0.3 is 9.88 Å². The van der Waals surface area contributed by atoms with Crippen molar-refractivity contribution in [2.45, 2.75) is 6.92 Å². The molecule has 4 nitrogen and oxygen atoms in total. The monoisotopic (exact) mass is 242 g/mol. The first-order chi connectivity index (χ1) is 8.59. The van der Waals surface area contributed by atoms with Crippen molar-refractivity contribution in [3.8, 4) is 0 Å². The van der Waals surface area contributed by atoms with Crippen LogP contribution in [0, 0.1) is 6.92 Å². The topological polar surface area (TPSA) is 51.1 Å². The quantitative estimate of drug-likeness (QED) is 0.662. The molecular weight excluding hydrogens is 228 g/mol. The molecule has 0 radical (unpaired) electrons. The van der Waals surface area contributed by atoms with Crippen LogP contribution < -0.4 is 5.32 Å². The fourth-order valence-corrected chi connectivity index (χ4v) is 1.71. The molecule has 2 rings (SSSR count). The van der Waals surface area contributed by atoms with Gasteiger partial charge in [0.25, 0.3) is 11.7 Å². The van der Waals surface area contributed by atoms with Crippen molar-refractivity contribution in [3.05, 3.63) is 53.9 Å². The van der Waals surface area contributed by atoms with Crippen molar-refractivity contribution in [3.63, 3.8) is 0 Å². The fraction of sp³-hybridized carbons (Fsp3) is 0.143. The molecule has 1 amide bonds. The highest BCUT2D eigenvalue weighted by Crippen LogP contribution is 2.13. The second-order valence-corrected chi connectivity index (χ2v) is 4.10. The summed E-state index contributed by atoms with van der Waals surface area (Å²) in [5.41, 5.74) is 1.96. The van der Waals surface area contributed by atoms with Gasteiger partial charge in [0.1, 0.15) is 0 Å². The summed E-state index contributed by atoms with van der Waals surface area (Å²) in [6.07, 6.45) is 1.73. The Labute approximate surface area is 105 Å². The molecule has 0 fully saturated rings. The number of nitrogens with one attached hydrogen (secondary N) is 1. The van der Waals surface area contributed by atoms with Crippen LogP contribution in [0.5, 0.6) is 0 Å². The first-order valence-corrected chi connectivity index (χ1v) is 5.62. The minimum absolute atomic E-state index is 0.376. The maximum atomic E-state index is 11.9. The predicted molar refractivity (Wildman–Crippen MR) is 69.6 cm³/mol. The molecule has 0 saturated carbocycles. The summed E-state index contributed by atoms with van der Waals surface area (Å²) in [6.45, 7) is 1.88. The van der Waals surface area contributed by atoms with Gasteiger partial charge >= 0.3 is 0 Å². The smallest absolute Gasteiger partial charge is 0.298 e. The molecule has 1 aromatic carbocycles. The number of amides is 1. The maximum absolute atomic E-state index is 11.9. The van der Waals surface area contributed by atoms with Crippen molar-refractivity contribution in [2.75, 3.05) is 5.32 Å². The van der Waals surface area contributed by atoms with Crippen LogP contribution in [0.15, 0.2) is 42.6 Å². The zero-order valence-corrected chi connectivity index (χ0v) is 10.3. The Hall–Kier alpha value is -2.36. The van der Waals surface area contributed by atoms with Gasteiger partial charge in [0.05, 0.1) is 5.69 Å². The summed E-state index contributed by atoms with van der Waals surface area (Å²) in [5, 5.41) is 2.62. The van der Waals surface area contributed by atoms with Gasteiger partial charge in [0.15, 0.2) is 0 Å². The van der Waals surface area contributed by atoms with E-state index in [0.717, 1.165) is 5.56 Å². The lowest BCUT2D eigenvalue weighted by Crippen LogP contribution is -2.24. The number of hydrogen-bond acceptors (Lipinski definition) is 2. The molecule has 0 aliphatic carbocycles. The van der Waals surface area contributed by atoms with E-state index in [-0.39, 0.29) is 0 Å². The van der Waals surface area contributed by atoms with Crippen molar-refractivity contribution < 1.29 is 9.59 Å². The van der Waals surface area contributed by atoms with E-state index in [2.05, 4.69) is 5.32 Å². The molecular formula is C14H14N2O2. The molecule has 0 aliphatic heterocycles. The van der Waals surface area contributed by atoms with Crippen molar-refractivity contribution in [1.29, 1.82) is 0 Å². The molecule has 0 spiro atoms. The summed E-state index contributed by atoms with van der Waals surface area (Å²) in [5.74, 6) is -1.16. The molecule has 1 heterocycles. The normalized spacial score (nSPS) is 10.1. The molecule has 4 heteroatoms. The van der Waals surface area contributed by atoms with Crippen LogP contribution >= 0.6 is 0 Å². The standard InChI is InChI=1S/C14H14N2O2/c1-10-6-3-4-7-11(10)15-14(18)13(17)12-8-5-9-16(12)2/h3-9H,1-2H3,(H,15,18). The number of ketones is 1. The lowest BCUT2D eigenvalue weighted by atomic mass is 10.2. The Kier molecular flexibility index (Phi) is 3.28. The third-order valence-electron chi connectivity index (χ3n) is 2.78. The van der Waals surface area contributed by atoms with E-state index >= 15 is 0 Å². The number of aromatic nitrogens is 1. The molecule has 1 aromatic heterocycles. The number of para-hydroxylation sites is 1. The van der Waals surface area contributed by atoms with Crippen LogP contribution in [0.25, 0.3) is 0 Å². The number of hydrogen-bond donors (Lipinski definition) is 1. The predicted octanol–water partition coefficient (Wildman–Crippen LogP) is 2.15. The van der Waals surface area contributed by atoms with Gasteiger partial charge in [-0.3, -0.25) is 9.59 Å². The van der Waals surface area contributed by atoms with Crippen LogP contribution in [0.1, 0.15) is 16.1 Å². The van der Waals surface area contributed by atoms with Gasteiger partial charge in [-0.2, -0.15) is 0 Å². The Morgan fingerprint density at radius 1 is 1.11 bits per heavy atom. The molecule has 0 atom stereocenters. The molecule has 18 heavy (non-hydrogen) atoms. The minimum Gasteiger partial charge on any atom is -0.348 e. The second-order valence-electron chi connectivity index (χ2n) is 4.10. The SMILES string of the molecule is Cc1ccccc1NC(=O)C(=O)c1cccn1C. The number of anilines is 1. The van der Waals surface area contributed by atoms with Crippen LogP contribution in [0.3, 0.4) is 0 Å². The third kappa shape index (κ3) is 2.32. The van der Waals surface area contributed by atoms with E-state index in [4.69, 9.17) is 0 Å². The Balaban J connectivity index is 2.17. The average molecular weight is 242 g/mol. The lowest BCUT2D eigenvalue weighted by molar-refractivity contribution is -0.112. The Morgan fingerprint density at radius 3 is 2.44 bits per heavy atom. The van der Waals surface area contributed by atoms with Gasteiger partial charge in [-0.25, -0.2) is 0 Å². The van der Waals surface area contributed by atoms with Gasteiger partial charge in [-0.05, 0) is 30.7 Å². The van der Waals surface area contributed by atoms with E-state index in [1.807, 2.05) is 25.1 Å². The molecule has 1 N–H and O–H groups in total. The summed E-state index contributed by atoms with van der Waals surface area (Å²) >= 11 is 0. The van der Waals surface area contributed by atoms with Gasteiger partial charge in [0.2, 0.25) is 0 Å². The second kappa shape index (κ2) is 4.87. The zero-order valence-electron chi connectivity index (χ0n) is 10.3. The number of Topliss-reactive ketones (excluding diaryl/α,β-unsaturated/α-hetero) is 1. The van der Waals surface area contributed by atoms with Gasteiger partial charge in [0, 0.05) is 18.9 Å². The van der Waals surface area contributed by atoms with Crippen LogP contribution in [-0.2, 0) is 11.8 Å².